The summed E-state index contributed by atoms with van der Waals surface area (Å²) in [5.74, 6) is -2.60. The molecule has 0 saturated carbocycles. The Bertz CT molecular complexity index is 599. The van der Waals surface area contributed by atoms with E-state index in [0.717, 1.165) is 11.8 Å². The molecule has 0 aromatic rings. The molecule has 0 aliphatic carbocycles. The van der Waals surface area contributed by atoms with Crippen molar-refractivity contribution in [3.63, 3.8) is 0 Å². The Labute approximate surface area is 184 Å². The summed E-state index contributed by atoms with van der Waals surface area (Å²) in [7, 11) is 0. The number of amides is 1. The van der Waals surface area contributed by atoms with Crippen LogP contribution >= 0.6 is 11.8 Å². The van der Waals surface area contributed by atoms with E-state index in [9.17, 15) is 19.2 Å². The number of nitrogens with one attached hydrogen (secondary N) is 1. The zero-order valence-electron chi connectivity index (χ0n) is 19.8. The van der Waals surface area contributed by atoms with Gasteiger partial charge in [0, 0.05) is 18.7 Å². The normalized spacial score (nSPS) is 13.4. The minimum Gasteiger partial charge on any atom is -0.459 e. The molecule has 0 bridgehead atoms. The molecule has 0 saturated heterocycles. The van der Waals surface area contributed by atoms with Crippen molar-refractivity contribution in [1.82, 2.24) is 5.32 Å². The molecule has 0 aliphatic heterocycles. The van der Waals surface area contributed by atoms with E-state index >= 15 is 0 Å². The molecule has 0 fully saturated rings. The first-order chi connectivity index (χ1) is 13.3. The number of hydrogen-bond acceptors (Lipinski definition) is 8. The fourth-order valence-corrected chi connectivity index (χ4v) is 2.84. The van der Waals surface area contributed by atoms with E-state index in [1.165, 1.54) is 6.92 Å². The van der Waals surface area contributed by atoms with E-state index in [0.29, 0.717) is 0 Å². The van der Waals surface area contributed by atoms with Crippen molar-refractivity contribution in [3.05, 3.63) is 0 Å². The summed E-state index contributed by atoms with van der Waals surface area (Å²) >= 11 is 0.978. The lowest BCUT2D eigenvalue weighted by atomic mass is 9.99. The highest BCUT2D eigenvalue weighted by Gasteiger charge is 2.37. The third kappa shape index (κ3) is 14.3. The maximum Gasteiger partial charge on any atom is 0.407 e. The van der Waals surface area contributed by atoms with E-state index in [2.05, 4.69) is 5.32 Å². The van der Waals surface area contributed by atoms with Gasteiger partial charge in [-0.25, -0.2) is 4.79 Å². The summed E-state index contributed by atoms with van der Waals surface area (Å²) in [6.07, 6.45) is -0.799. The van der Waals surface area contributed by atoms with Gasteiger partial charge in [-0.1, -0.05) is 11.8 Å². The highest BCUT2D eigenvalue weighted by Crippen LogP contribution is 2.22. The van der Waals surface area contributed by atoms with Crippen LogP contribution in [0.2, 0.25) is 0 Å². The minimum absolute atomic E-state index is 0.0939. The number of alkyl carbamates (subject to hydrolysis) is 1. The van der Waals surface area contributed by atoms with Gasteiger partial charge in [0.2, 0.25) is 0 Å². The van der Waals surface area contributed by atoms with Gasteiger partial charge in [-0.05, 0) is 68.7 Å². The minimum atomic E-state index is -1.27. The SMILES string of the molecule is CC(=O)SCC(CC(C(=O)OC(C)(C)C)C(=O)OC(C)(C)C)NC(=O)OC(C)(C)C. The summed E-state index contributed by atoms with van der Waals surface area (Å²) in [6, 6.07) is -0.696. The zero-order chi connectivity index (χ0) is 23.9. The first kappa shape index (κ1) is 28.2. The number of carbonyl (C=O) groups excluding carboxylic acids is 4. The molecule has 0 heterocycles. The van der Waals surface area contributed by atoms with Crippen LogP contribution < -0.4 is 5.32 Å². The van der Waals surface area contributed by atoms with Crippen LogP contribution in [-0.2, 0) is 28.6 Å². The number of thioether (sulfide) groups is 1. The van der Waals surface area contributed by atoms with Gasteiger partial charge in [0.15, 0.2) is 11.0 Å². The predicted octanol–water partition coefficient (Wildman–Crippen LogP) is 3.85. The predicted molar refractivity (Wildman–Crippen MR) is 116 cm³/mol. The van der Waals surface area contributed by atoms with Crippen molar-refractivity contribution >= 4 is 34.9 Å². The average Bonchev–Trinajstić information content (AvgIpc) is 2.43. The fourth-order valence-electron chi connectivity index (χ4n) is 2.18. The van der Waals surface area contributed by atoms with E-state index < -0.39 is 46.8 Å². The molecule has 0 aromatic heterocycles. The Kier molecular flexibility index (Phi) is 10.4. The first-order valence-corrected chi connectivity index (χ1v) is 10.9. The van der Waals surface area contributed by atoms with E-state index in [1.807, 2.05) is 0 Å². The number of esters is 2. The smallest absolute Gasteiger partial charge is 0.407 e. The van der Waals surface area contributed by atoms with Gasteiger partial charge in [0.05, 0.1) is 0 Å². The monoisotopic (exact) mass is 447 g/mol. The topological polar surface area (TPSA) is 108 Å². The van der Waals surface area contributed by atoms with Crippen LogP contribution in [0.3, 0.4) is 0 Å². The van der Waals surface area contributed by atoms with Crippen LogP contribution in [0.1, 0.15) is 75.7 Å². The molecule has 0 rings (SSSR count). The quantitative estimate of drug-likeness (QED) is 0.356. The second-order valence-electron chi connectivity index (χ2n) is 10.0. The van der Waals surface area contributed by atoms with Crippen LogP contribution in [0.15, 0.2) is 0 Å². The Morgan fingerprint density at radius 1 is 0.767 bits per heavy atom. The van der Waals surface area contributed by atoms with Crippen molar-refractivity contribution in [2.75, 3.05) is 5.75 Å². The van der Waals surface area contributed by atoms with Gasteiger partial charge >= 0.3 is 18.0 Å². The van der Waals surface area contributed by atoms with Gasteiger partial charge in [-0.2, -0.15) is 0 Å². The van der Waals surface area contributed by atoms with Crippen LogP contribution in [0.25, 0.3) is 0 Å². The summed E-state index contributed by atoms with van der Waals surface area (Å²) in [4.78, 5) is 49.1. The Hall–Kier alpha value is -1.77. The summed E-state index contributed by atoms with van der Waals surface area (Å²) in [5.41, 5.74) is -2.34. The molecule has 1 atom stereocenters. The standard InChI is InChI=1S/C21H37NO7S/c1-13(23)30-12-14(22-18(26)29-21(8,9)10)11-15(16(24)27-19(2,3)4)17(25)28-20(5,6)7/h14-15H,11-12H2,1-10H3,(H,22,26). The van der Waals surface area contributed by atoms with Crippen molar-refractivity contribution in [1.29, 1.82) is 0 Å². The zero-order valence-corrected chi connectivity index (χ0v) is 20.7. The van der Waals surface area contributed by atoms with E-state index in [-0.39, 0.29) is 17.3 Å². The largest absolute Gasteiger partial charge is 0.459 e. The van der Waals surface area contributed by atoms with Crippen LogP contribution in [0, 0.1) is 5.92 Å². The highest BCUT2D eigenvalue weighted by atomic mass is 32.2. The molecule has 0 spiro atoms. The number of ether oxygens (including phenoxy) is 3. The summed E-state index contributed by atoms with van der Waals surface area (Å²) in [6.45, 7) is 16.7. The lowest BCUT2D eigenvalue weighted by molar-refractivity contribution is -0.175. The average molecular weight is 448 g/mol. The highest BCUT2D eigenvalue weighted by molar-refractivity contribution is 8.13. The molecular formula is C21H37NO7S. The molecular weight excluding hydrogens is 410 g/mol. The van der Waals surface area contributed by atoms with E-state index in [4.69, 9.17) is 14.2 Å². The Morgan fingerprint density at radius 2 is 1.17 bits per heavy atom. The summed E-state index contributed by atoms with van der Waals surface area (Å²) < 4.78 is 16.0. The lowest BCUT2D eigenvalue weighted by Gasteiger charge is -2.29. The van der Waals surface area contributed by atoms with Crippen molar-refractivity contribution in [3.8, 4) is 0 Å². The third-order valence-corrected chi connectivity index (χ3v) is 4.09. The van der Waals surface area contributed by atoms with Crippen LogP contribution in [0.4, 0.5) is 4.79 Å². The second-order valence-corrected chi connectivity index (χ2v) is 11.2. The van der Waals surface area contributed by atoms with Crippen molar-refractivity contribution in [2.24, 2.45) is 5.92 Å². The lowest BCUT2D eigenvalue weighted by Crippen LogP contribution is -2.45. The van der Waals surface area contributed by atoms with Gasteiger partial charge in [-0.15, -0.1) is 0 Å². The Balaban J connectivity index is 5.63. The van der Waals surface area contributed by atoms with Crippen molar-refractivity contribution < 1.29 is 33.4 Å². The van der Waals surface area contributed by atoms with Crippen LogP contribution in [0.5, 0.6) is 0 Å². The van der Waals surface area contributed by atoms with Crippen molar-refractivity contribution in [2.45, 2.75) is 98.5 Å². The van der Waals surface area contributed by atoms with Gasteiger partial charge < -0.3 is 19.5 Å². The van der Waals surface area contributed by atoms with E-state index in [1.54, 1.807) is 62.3 Å². The molecule has 9 heteroatoms. The molecule has 0 aliphatic rings. The molecule has 174 valence electrons. The molecule has 0 radical (unpaired) electrons. The van der Waals surface area contributed by atoms with Gasteiger partial charge in [-0.3, -0.25) is 14.4 Å². The molecule has 30 heavy (non-hydrogen) atoms. The molecule has 0 aromatic carbocycles. The maximum atomic E-state index is 12.7. The molecule has 1 unspecified atom stereocenters. The third-order valence-electron chi connectivity index (χ3n) is 3.11. The van der Waals surface area contributed by atoms with Gasteiger partial charge in [0.25, 0.3) is 0 Å². The molecule has 1 N–H and O–H groups in total. The number of rotatable bonds is 7. The van der Waals surface area contributed by atoms with Gasteiger partial charge in [0.1, 0.15) is 16.8 Å². The Morgan fingerprint density at radius 3 is 1.50 bits per heavy atom. The molecule has 1 amide bonds. The maximum absolute atomic E-state index is 12.7. The number of hydrogen-bond donors (Lipinski definition) is 1. The molecule has 8 nitrogen and oxygen atoms in total. The number of carbonyl (C=O) groups is 4. The second kappa shape index (κ2) is 11.0. The van der Waals surface area contributed by atoms with Crippen LogP contribution in [-0.4, -0.2) is 51.7 Å². The first-order valence-electron chi connectivity index (χ1n) is 9.87. The fraction of sp³-hybridized carbons (Fsp3) is 0.810. The summed E-state index contributed by atoms with van der Waals surface area (Å²) in [5, 5.41) is 2.49.